The molecule has 0 amide bonds. The third kappa shape index (κ3) is 5.32. The minimum absolute atomic E-state index is 0.0365. The quantitative estimate of drug-likeness (QED) is 0.141. The fourth-order valence-corrected chi connectivity index (χ4v) is 3.39. The molecule has 1 aliphatic rings. The van der Waals surface area contributed by atoms with Crippen LogP contribution in [0.15, 0.2) is 71.4 Å². The Morgan fingerprint density at radius 3 is 2.49 bits per heavy atom. The van der Waals surface area contributed by atoms with Crippen molar-refractivity contribution in [1.82, 2.24) is 0 Å². The number of halogens is 2. The monoisotopic (exact) mass is 512 g/mol. The summed E-state index contributed by atoms with van der Waals surface area (Å²) in [7, 11) is 1.40. The Balaban J connectivity index is 1.58. The summed E-state index contributed by atoms with van der Waals surface area (Å²) in [5.41, 5.74) is 0.659. The van der Waals surface area contributed by atoms with Crippen LogP contribution >= 0.6 is 23.2 Å². The smallest absolute Gasteiger partial charge is 0.363 e. The maximum absolute atomic E-state index is 12.4. The molecule has 35 heavy (non-hydrogen) atoms. The molecule has 0 fully saturated rings. The molecular weight excluding hydrogens is 499 g/mol. The number of esters is 2. The Labute approximate surface area is 208 Å². The number of nitro benzene ring substituents is 1. The Morgan fingerprint density at radius 1 is 1.06 bits per heavy atom. The second-order valence-electron chi connectivity index (χ2n) is 7.07. The van der Waals surface area contributed by atoms with Gasteiger partial charge in [-0.1, -0.05) is 29.3 Å². The molecule has 3 aromatic rings. The van der Waals surface area contributed by atoms with E-state index in [1.807, 2.05) is 0 Å². The van der Waals surface area contributed by atoms with E-state index in [0.717, 1.165) is 0 Å². The lowest BCUT2D eigenvalue weighted by Gasteiger charge is -2.10. The highest BCUT2D eigenvalue weighted by Gasteiger charge is 2.26. The average Bonchev–Trinajstić information content (AvgIpc) is 3.20. The Kier molecular flexibility index (Phi) is 6.81. The van der Waals surface area contributed by atoms with Crippen LogP contribution < -0.4 is 9.47 Å². The SMILES string of the molecule is COc1cc(/C=C2\N=C(c3ccc(Cl)c([N+](=O)[O-])c3)OC2=O)ccc1OC(=O)c1ccc(Cl)cc1. The molecule has 0 spiro atoms. The number of nitrogens with zero attached hydrogens (tertiary/aromatic N) is 2. The zero-order valence-corrected chi connectivity index (χ0v) is 19.4. The van der Waals surface area contributed by atoms with Gasteiger partial charge in [-0.2, -0.15) is 0 Å². The standard InChI is InChI=1S/C24H14Cl2N2O7/c1-33-21-11-13(2-9-20(21)34-23(29)14-3-6-16(25)7-4-14)10-18-24(30)35-22(27-18)15-5-8-17(26)19(12-15)28(31)32/h2-12H,1H3/b18-10-. The van der Waals surface area contributed by atoms with E-state index in [2.05, 4.69) is 4.99 Å². The highest BCUT2D eigenvalue weighted by atomic mass is 35.5. The first-order valence-electron chi connectivity index (χ1n) is 9.88. The molecular formula is C24H14Cl2N2O7. The summed E-state index contributed by atoms with van der Waals surface area (Å²) in [6.45, 7) is 0. The predicted octanol–water partition coefficient (Wildman–Crippen LogP) is 5.47. The minimum Gasteiger partial charge on any atom is -0.493 e. The lowest BCUT2D eigenvalue weighted by molar-refractivity contribution is -0.384. The van der Waals surface area contributed by atoms with Gasteiger partial charge in [0.25, 0.3) is 5.69 Å². The van der Waals surface area contributed by atoms with Gasteiger partial charge in [-0.25, -0.2) is 14.6 Å². The summed E-state index contributed by atoms with van der Waals surface area (Å²) in [5, 5.41) is 11.6. The van der Waals surface area contributed by atoms with Crippen LogP contribution in [-0.4, -0.2) is 29.9 Å². The largest absolute Gasteiger partial charge is 0.493 e. The van der Waals surface area contributed by atoms with Crippen LogP contribution in [0.25, 0.3) is 6.08 Å². The van der Waals surface area contributed by atoms with E-state index >= 15 is 0 Å². The normalized spacial score (nSPS) is 13.9. The number of hydrogen-bond donors (Lipinski definition) is 0. The lowest BCUT2D eigenvalue weighted by Crippen LogP contribution is -2.09. The fourth-order valence-electron chi connectivity index (χ4n) is 3.08. The second-order valence-corrected chi connectivity index (χ2v) is 7.91. The number of carbonyl (C=O) groups is 2. The highest BCUT2D eigenvalue weighted by Crippen LogP contribution is 2.31. The van der Waals surface area contributed by atoms with E-state index < -0.39 is 16.9 Å². The maximum Gasteiger partial charge on any atom is 0.363 e. The number of aliphatic imine (C=N–C) groups is 1. The van der Waals surface area contributed by atoms with Crippen LogP contribution in [0.2, 0.25) is 10.0 Å². The first-order valence-corrected chi connectivity index (χ1v) is 10.6. The van der Waals surface area contributed by atoms with Crippen LogP contribution in [0.4, 0.5) is 5.69 Å². The number of benzene rings is 3. The zero-order chi connectivity index (χ0) is 25.1. The molecule has 9 nitrogen and oxygen atoms in total. The molecule has 0 radical (unpaired) electrons. The van der Waals surface area contributed by atoms with Crippen molar-refractivity contribution < 1.29 is 28.7 Å². The van der Waals surface area contributed by atoms with Gasteiger partial charge in [0.2, 0.25) is 5.90 Å². The Hall–Kier alpha value is -4.21. The van der Waals surface area contributed by atoms with E-state index in [0.29, 0.717) is 16.1 Å². The molecule has 0 saturated carbocycles. The number of methoxy groups -OCH3 is 1. The molecule has 3 aromatic carbocycles. The summed E-state index contributed by atoms with van der Waals surface area (Å²) >= 11 is 11.7. The van der Waals surface area contributed by atoms with E-state index in [4.69, 9.17) is 37.4 Å². The van der Waals surface area contributed by atoms with Gasteiger partial charge < -0.3 is 14.2 Å². The molecule has 1 aliphatic heterocycles. The Bertz CT molecular complexity index is 1420. The number of nitro groups is 1. The topological polar surface area (TPSA) is 117 Å². The van der Waals surface area contributed by atoms with Crippen molar-refractivity contribution in [2.45, 2.75) is 0 Å². The van der Waals surface area contributed by atoms with Gasteiger partial charge in [0.15, 0.2) is 17.2 Å². The third-order valence-corrected chi connectivity index (χ3v) is 5.36. The van der Waals surface area contributed by atoms with Gasteiger partial charge in [0, 0.05) is 16.7 Å². The maximum atomic E-state index is 12.4. The number of cyclic esters (lactones) is 1. The van der Waals surface area contributed by atoms with E-state index in [9.17, 15) is 19.7 Å². The Morgan fingerprint density at radius 2 is 1.80 bits per heavy atom. The number of hydrogen-bond acceptors (Lipinski definition) is 8. The van der Waals surface area contributed by atoms with E-state index in [1.54, 1.807) is 24.3 Å². The van der Waals surface area contributed by atoms with Crippen LogP contribution in [0.3, 0.4) is 0 Å². The van der Waals surface area contributed by atoms with Crippen molar-refractivity contribution >= 4 is 52.8 Å². The molecule has 11 heteroatoms. The molecule has 0 bridgehead atoms. The highest BCUT2D eigenvalue weighted by molar-refractivity contribution is 6.32. The van der Waals surface area contributed by atoms with E-state index in [-0.39, 0.29) is 39.4 Å². The summed E-state index contributed by atoms with van der Waals surface area (Å²) in [6.07, 6.45) is 1.44. The predicted molar refractivity (Wildman–Crippen MR) is 128 cm³/mol. The van der Waals surface area contributed by atoms with Crippen molar-refractivity contribution in [3.63, 3.8) is 0 Å². The van der Waals surface area contributed by atoms with Crippen LogP contribution in [-0.2, 0) is 9.53 Å². The number of carbonyl (C=O) groups excluding carboxylic acids is 2. The molecule has 0 atom stereocenters. The molecule has 0 aliphatic carbocycles. The van der Waals surface area contributed by atoms with Gasteiger partial charge in [-0.15, -0.1) is 0 Å². The van der Waals surface area contributed by atoms with E-state index in [1.165, 1.54) is 49.6 Å². The van der Waals surface area contributed by atoms with Crippen LogP contribution in [0, 0.1) is 10.1 Å². The summed E-state index contributed by atoms with van der Waals surface area (Å²) in [5.74, 6) is -1.03. The van der Waals surface area contributed by atoms with Gasteiger partial charge in [-0.05, 0) is 60.2 Å². The second kappa shape index (κ2) is 9.96. The van der Waals surface area contributed by atoms with Gasteiger partial charge >= 0.3 is 11.9 Å². The fraction of sp³-hybridized carbons (Fsp3) is 0.0417. The summed E-state index contributed by atoms with van der Waals surface area (Å²) < 4.78 is 15.9. The van der Waals surface area contributed by atoms with Gasteiger partial charge in [0.05, 0.1) is 17.6 Å². The van der Waals surface area contributed by atoms with Crippen LogP contribution in [0.1, 0.15) is 21.5 Å². The van der Waals surface area contributed by atoms with Gasteiger partial charge in [0.1, 0.15) is 5.02 Å². The molecule has 4 rings (SSSR count). The van der Waals surface area contributed by atoms with Crippen molar-refractivity contribution in [1.29, 1.82) is 0 Å². The summed E-state index contributed by atoms with van der Waals surface area (Å²) in [6, 6.07) is 14.8. The zero-order valence-electron chi connectivity index (χ0n) is 17.9. The number of rotatable bonds is 6. The summed E-state index contributed by atoms with van der Waals surface area (Å²) in [4.78, 5) is 39.3. The van der Waals surface area contributed by atoms with Crippen molar-refractivity contribution in [3.05, 3.63) is 103 Å². The molecule has 1 heterocycles. The van der Waals surface area contributed by atoms with Crippen LogP contribution in [0.5, 0.6) is 11.5 Å². The first kappa shape index (κ1) is 23.9. The van der Waals surface area contributed by atoms with Gasteiger partial charge in [-0.3, -0.25) is 10.1 Å². The van der Waals surface area contributed by atoms with Crippen molar-refractivity contribution in [2.75, 3.05) is 7.11 Å². The number of ether oxygens (including phenoxy) is 3. The van der Waals surface area contributed by atoms with Crippen molar-refractivity contribution in [3.8, 4) is 11.5 Å². The molecule has 176 valence electrons. The average molecular weight is 513 g/mol. The first-order chi connectivity index (χ1) is 16.7. The van der Waals surface area contributed by atoms with Crippen molar-refractivity contribution in [2.24, 2.45) is 4.99 Å². The third-order valence-electron chi connectivity index (χ3n) is 4.78. The molecule has 0 aromatic heterocycles. The molecule has 0 N–H and O–H groups in total. The minimum atomic E-state index is -0.741. The molecule has 0 unspecified atom stereocenters. The molecule has 0 saturated heterocycles. The lowest BCUT2D eigenvalue weighted by atomic mass is 10.1.